The van der Waals surface area contributed by atoms with Gasteiger partial charge in [0.25, 0.3) is 5.91 Å². The average Bonchev–Trinajstić information content (AvgIpc) is 3.23. The van der Waals surface area contributed by atoms with Crippen molar-refractivity contribution in [2.75, 3.05) is 18.8 Å². The maximum Gasteiger partial charge on any atom is 0.274 e. The van der Waals surface area contributed by atoms with Crippen molar-refractivity contribution in [3.05, 3.63) is 89.2 Å². The van der Waals surface area contributed by atoms with E-state index in [1.54, 1.807) is 6.07 Å². The molecule has 0 aromatic heterocycles. The van der Waals surface area contributed by atoms with Crippen LogP contribution < -0.4 is 11.1 Å². The minimum Gasteiger partial charge on any atom is -0.398 e. The van der Waals surface area contributed by atoms with Crippen molar-refractivity contribution in [1.29, 1.82) is 5.41 Å². The second kappa shape index (κ2) is 10.5. The van der Waals surface area contributed by atoms with E-state index < -0.39 is 5.91 Å². The molecule has 1 fully saturated rings. The van der Waals surface area contributed by atoms with Gasteiger partial charge in [-0.3, -0.25) is 15.1 Å². The van der Waals surface area contributed by atoms with Crippen LogP contribution in [-0.4, -0.2) is 29.6 Å². The van der Waals surface area contributed by atoms with Gasteiger partial charge in [-0.1, -0.05) is 55.0 Å². The summed E-state index contributed by atoms with van der Waals surface area (Å²) in [6.07, 6.45) is 12.2. The Kier molecular flexibility index (Phi) is 7.20. The SMILES string of the molecule is CCC1=CC=CC(NC(=O)C(=N)c2cc(-c3cccc(CN4CCCC4)c3)ccc2N)=CC1. The first kappa shape index (κ1) is 22.7. The molecule has 0 atom stereocenters. The maximum atomic E-state index is 12.8. The molecule has 0 radical (unpaired) electrons. The maximum absolute atomic E-state index is 12.8. The highest BCUT2D eigenvalue weighted by Gasteiger charge is 2.17. The van der Waals surface area contributed by atoms with Crippen LogP contribution in [0.1, 0.15) is 43.7 Å². The van der Waals surface area contributed by atoms with Crippen LogP contribution in [0.3, 0.4) is 0 Å². The summed E-state index contributed by atoms with van der Waals surface area (Å²) in [4.78, 5) is 15.3. The monoisotopic (exact) mass is 440 g/mol. The molecule has 0 saturated carbocycles. The number of likely N-dealkylation sites (tertiary alicyclic amines) is 1. The third kappa shape index (κ3) is 5.68. The molecule has 5 heteroatoms. The number of carbonyl (C=O) groups excluding carboxylic acids is 1. The van der Waals surface area contributed by atoms with Crippen LogP contribution >= 0.6 is 0 Å². The molecular weight excluding hydrogens is 408 g/mol. The number of nitrogens with zero attached hydrogens (tertiary/aromatic N) is 1. The number of anilines is 1. The molecule has 170 valence electrons. The molecule has 33 heavy (non-hydrogen) atoms. The molecule has 5 nitrogen and oxygen atoms in total. The van der Waals surface area contributed by atoms with Gasteiger partial charge in [0.1, 0.15) is 5.71 Å². The molecule has 2 aromatic rings. The number of nitrogens with two attached hydrogens (primary N) is 1. The molecule has 2 aromatic carbocycles. The van der Waals surface area contributed by atoms with Crippen LogP contribution in [0.25, 0.3) is 11.1 Å². The number of carbonyl (C=O) groups is 1. The van der Waals surface area contributed by atoms with E-state index in [0.717, 1.165) is 43.6 Å². The van der Waals surface area contributed by atoms with Crippen LogP contribution in [0.4, 0.5) is 5.69 Å². The van der Waals surface area contributed by atoms with Gasteiger partial charge < -0.3 is 11.1 Å². The fraction of sp³-hybridized carbons (Fsp3) is 0.286. The van der Waals surface area contributed by atoms with Crippen molar-refractivity contribution in [1.82, 2.24) is 10.2 Å². The summed E-state index contributed by atoms with van der Waals surface area (Å²) in [6.45, 7) is 5.38. The topological polar surface area (TPSA) is 82.2 Å². The molecule has 1 saturated heterocycles. The van der Waals surface area contributed by atoms with Crippen LogP contribution in [0, 0.1) is 5.41 Å². The van der Waals surface area contributed by atoms with Gasteiger partial charge >= 0.3 is 0 Å². The Labute approximate surface area is 196 Å². The smallest absolute Gasteiger partial charge is 0.274 e. The largest absolute Gasteiger partial charge is 0.398 e. The third-order valence-electron chi connectivity index (χ3n) is 6.32. The summed E-state index contributed by atoms with van der Waals surface area (Å²) < 4.78 is 0. The predicted octanol–water partition coefficient (Wildman–Crippen LogP) is 5.20. The van der Waals surface area contributed by atoms with E-state index in [0.29, 0.717) is 16.9 Å². The fourth-order valence-electron chi connectivity index (χ4n) is 4.34. The minimum atomic E-state index is -0.461. The summed E-state index contributed by atoms with van der Waals surface area (Å²) in [5.41, 5.74) is 12.2. The number of allylic oxidation sites excluding steroid dienone is 5. The summed E-state index contributed by atoms with van der Waals surface area (Å²) in [5.74, 6) is -0.461. The van der Waals surface area contributed by atoms with Crippen LogP contribution in [0.5, 0.6) is 0 Å². The zero-order chi connectivity index (χ0) is 23.2. The van der Waals surface area contributed by atoms with Gasteiger partial charge in [0, 0.05) is 23.5 Å². The lowest BCUT2D eigenvalue weighted by molar-refractivity contribution is -0.114. The Hall–Kier alpha value is -3.44. The van der Waals surface area contributed by atoms with Crippen molar-refractivity contribution >= 4 is 17.3 Å². The molecule has 1 heterocycles. The Bertz CT molecular complexity index is 1140. The first-order valence-electron chi connectivity index (χ1n) is 11.7. The van der Waals surface area contributed by atoms with Crippen molar-refractivity contribution < 1.29 is 4.79 Å². The Morgan fingerprint density at radius 3 is 2.70 bits per heavy atom. The normalized spacial score (nSPS) is 16.2. The molecule has 1 amide bonds. The molecule has 1 aliphatic heterocycles. The highest BCUT2D eigenvalue weighted by molar-refractivity contribution is 6.45. The molecule has 0 bridgehead atoms. The summed E-state index contributed by atoms with van der Waals surface area (Å²) in [7, 11) is 0. The van der Waals surface area contributed by atoms with Gasteiger partial charge in [-0.15, -0.1) is 0 Å². The van der Waals surface area contributed by atoms with Crippen molar-refractivity contribution in [2.24, 2.45) is 0 Å². The summed E-state index contributed by atoms with van der Waals surface area (Å²) >= 11 is 0. The van der Waals surface area contributed by atoms with E-state index in [1.807, 2.05) is 30.4 Å². The molecular formula is C28H32N4O. The number of nitrogens with one attached hydrogen (secondary N) is 2. The highest BCUT2D eigenvalue weighted by atomic mass is 16.1. The van der Waals surface area contributed by atoms with Gasteiger partial charge in [0.15, 0.2) is 0 Å². The second-order valence-electron chi connectivity index (χ2n) is 8.72. The lowest BCUT2D eigenvalue weighted by atomic mass is 9.97. The minimum absolute atomic E-state index is 0.134. The van der Waals surface area contributed by atoms with Crippen molar-refractivity contribution in [3.8, 4) is 11.1 Å². The summed E-state index contributed by atoms with van der Waals surface area (Å²) in [5, 5.41) is 11.4. The number of amides is 1. The molecule has 1 aliphatic carbocycles. The Morgan fingerprint density at radius 1 is 1.12 bits per heavy atom. The third-order valence-corrected chi connectivity index (χ3v) is 6.32. The molecule has 4 rings (SSSR count). The standard InChI is InChI=1S/C28H32N4O/c1-2-20-7-6-10-24(13-11-20)31-28(33)27(30)25-18-23(12-14-26(25)29)22-9-5-8-21(17-22)19-32-15-3-4-16-32/h5-10,12-14,17-18,30H,2-4,11,15-16,19,29H2,1H3,(H,31,33). The van der Waals surface area contributed by atoms with Crippen molar-refractivity contribution in [3.63, 3.8) is 0 Å². The number of hydrogen-bond acceptors (Lipinski definition) is 4. The van der Waals surface area contributed by atoms with Gasteiger partial charge in [0.2, 0.25) is 0 Å². The van der Waals surface area contributed by atoms with Crippen molar-refractivity contribution in [2.45, 2.75) is 39.2 Å². The van der Waals surface area contributed by atoms with Crippen LogP contribution in [0.15, 0.2) is 78.0 Å². The van der Waals surface area contributed by atoms with E-state index in [4.69, 9.17) is 11.1 Å². The molecule has 2 aliphatic rings. The van der Waals surface area contributed by atoms with E-state index in [1.165, 1.54) is 24.0 Å². The summed E-state index contributed by atoms with van der Waals surface area (Å²) in [6, 6.07) is 14.1. The van der Waals surface area contributed by atoms with Crippen LogP contribution in [-0.2, 0) is 11.3 Å². The number of rotatable bonds is 7. The number of benzene rings is 2. The first-order chi connectivity index (χ1) is 16.0. The average molecular weight is 441 g/mol. The molecule has 4 N–H and O–H groups in total. The van der Waals surface area contributed by atoms with E-state index >= 15 is 0 Å². The highest BCUT2D eigenvalue weighted by Crippen LogP contribution is 2.26. The fourth-order valence-corrected chi connectivity index (χ4v) is 4.34. The van der Waals surface area contributed by atoms with Crippen LogP contribution in [0.2, 0.25) is 0 Å². The quantitative estimate of drug-likeness (QED) is 0.409. The van der Waals surface area contributed by atoms with E-state index in [2.05, 4.69) is 47.5 Å². The zero-order valence-electron chi connectivity index (χ0n) is 19.2. The molecule has 0 spiro atoms. The van der Waals surface area contributed by atoms with Gasteiger partial charge in [0.05, 0.1) is 0 Å². The van der Waals surface area contributed by atoms with Gasteiger partial charge in [-0.05, 0) is 79.7 Å². The Morgan fingerprint density at radius 2 is 1.91 bits per heavy atom. The van der Waals surface area contributed by atoms with Gasteiger partial charge in [-0.2, -0.15) is 0 Å². The number of hydrogen-bond donors (Lipinski definition) is 3. The predicted molar refractivity (Wildman–Crippen MR) is 136 cm³/mol. The van der Waals surface area contributed by atoms with E-state index in [-0.39, 0.29) is 5.71 Å². The second-order valence-corrected chi connectivity index (χ2v) is 8.72. The Balaban J connectivity index is 1.50. The zero-order valence-corrected chi connectivity index (χ0v) is 19.2. The lowest BCUT2D eigenvalue weighted by Crippen LogP contribution is -2.30. The lowest BCUT2D eigenvalue weighted by Gasteiger charge is -2.16. The van der Waals surface area contributed by atoms with Gasteiger partial charge in [-0.25, -0.2) is 0 Å². The number of nitrogen functional groups attached to an aromatic ring is 1. The van der Waals surface area contributed by atoms with E-state index in [9.17, 15) is 4.79 Å². The first-order valence-corrected chi connectivity index (χ1v) is 11.7. The molecule has 0 unspecified atom stereocenters.